The smallest absolute Gasteiger partial charge is 0.220 e. The maximum absolute atomic E-state index is 12.9. The summed E-state index contributed by atoms with van der Waals surface area (Å²) in [6.07, 6.45) is 6.40. The summed E-state index contributed by atoms with van der Waals surface area (Å²) in [6.45, 7) is 4.56. The maximum atomic E-state index is 12.9. The average molecular weight is 392 g/mol. The lowest BCUT2D eigenvalue weighted by Crippen LogP contribution is -2.35. The quantitative estimate of drug-likeness (QED) is 0.850. The van der Waals surface area contributed by atoms with E-state index in [1.54, 1.807) is 0 Å². The van der Waals surface area contributed by atoms with Gasteiger partial charge in [0, 0.05) is 63.5 Å². The molecular formula is C24H29N3O2. The number of rotatable bonds is 5. The Morgan fingerprint density at radius 3 is 2.72 bits per heavy atom. The molecule has 1 N–H and O–H groups in total. The topological polar surface area (TPSA) is 54.5 Å². The van der Waals surface area contributed by atoms with Crippen molar-refractivity contribution in [3.05, 3.63) is 65.5 Å². The Labute approximate surface area is 172 Å². The van der Waals surface area contributed by atoms with Gasteiger partial charge in [-0.15, -0.1) is 0 Å². The Morgan fingerprint density at radius 1 is 1.10 bits per heavy atom. The van der Waals surface area contributed by atoms with Gasteiger partial charge in [0.2, 0.25) is 5.91 Å². The highest BCUT2D eigenvalue weighted by molar-refractivity contribution is 5.77. The Bertz CT molecular complexity index is 850. The molecule has 5 heteroatoms. The lowest BCUT2D eigenvalue weighted by molar-refractivity contribution is -0.123. The number of hydrogen-bond donors (Lipinski definition) is 1. The Hall–Kier alpha value is -2.24. The molecule has 3 heterocycles. The molecule has 0 saturated carbocycles. The summed E-state index contributed by atoms with van der Waals surface area (Å²) in [7, 11) is 0. The number of benzene rings is 1. The van der Waals surface area contributed by atoms with Crippen LogP contribution in [0.4, 0.5) is 0 Å². The molecule has 1 amide bonds. The number of nitrogens with one attached hydrogen (secondary N) is 1. The van der Waals surface area contributed by atoms with Crippen LogP contribution >= 0.6 is 0 Å². The first-order chi connectivity index (χ1) is 14.3. The molecule has 1 aromatic heterocycles. The van der Waals surface area contributed by atoms with Crippen molar-refractivity contribution in [3.8, 4) is 0 Å². The van der Waals surface area contributed by atoms with Crippen LogP contribution in [0.25, 0.3) is 0 Å². The molecule has 0 radical (unpaired) electrons. The standard InChI is InChI=1S/C24H29N3O2/c28-23(12-17-7-10-29-11-8-17)26-24-20-6-2-1-5-19(20)21-15-27(16-22(21)24)14-18-4-3-9-25-13-18/h1-6,9,13,17,21-22,24H,7-8,10-12,14-16H2,(H,26,28)/t21-,22-,24+/m0/s1. The summed E-state index contributed by atoms with van der Waals surface area (Å²) in [4.78, 5) is 19.6. The fraction of sp³-hybridized carbons (Fsp3) is 0.500. The third-order valence-electron chi connectivity index (χ3n) is 6.86. The maximum Gasteiger partial charge on any atom is 0.220 e. The van der Waals surface area contributed by atoms with Crippen LogP contribution in [0.1, 0.15) is 47.9 Å². The largest absolute Gasteiger partial charge is 0.381 e. The molecule has 2 aliphatic heterocycles. The number of aromatic nitrogens is 1. The summed E-state index contributed by atoms with van der Waals surface area (Å²) in [5.41, 5.74) is 3.99. The molecule has 3 atom stereocenters. The van der Waals surface area contributed by atoms with Crippen molar-refractivity contribution < 1.29 is 9.53 Å². The first-order valence-corrected chi connectivity index (χ1v) is 10.8. The van der Waals surface area contributed by atoms with Gasteiger partial charge in [0.1, 0.15) is 0 Å². The van der Waals surface area contributed by atoms with Crippen LogP contribution in [0.2, 0.25) is 0 Å². The number of carbonyl (C=O) groups is 1. The van der Waals surface area contributed by atoms with E-state index in [2.05, 4.69) is 45.5 Å². The number of pyridine rings is 1. The van der Waals surface area contributed by atoms with Gasteiger partial charge in [0.05, 0.1) is 6.04 Å². The highest BCUT2D eigenvalue weighted by atomic mass is 16.5. The second kappa shape index (κ2) is 8.25. The zero-order valence-electron chi connectivity index (χ0n) is 16.8. The van der Waals surface area contributed by atoms with Crippen LogP contribution in [0, 0.1) is 11.8 Å². The molecule has 0 unspecified atom stereocenters. The second-order valence-electron chi connectivity index (χ2n) is 8.76. The van der Waals surface area contributed by atoms with Gasteiger partial charge in [-0.3, -0.25) is 14.7 Å². The van der Waals surface area contributed by atoms with E-state index in [0.29, 0.717) is 24.2 Å². The number of likely N-dealkylation sites (tertiary alicyclic amines) is 1. The van der Waals surface area contributed by atoms with Crippen molar-refractivity contribution in [2.75, 3.05) is 26.3 Å². The van der Waals surface area contributed by atoms with Gasteiger partial charge in [-0.1, -0.05) is 30.3 Å². The number of amides is 1. The van der Waals surface area contributed by atoms with Crippen LogP contribution in [-0.4, -0.2) is 42.1 Å². The summed E-state index contributed by atoms with van der Waals surface area (Å²) >= 11 is 0. The fourth-order valence-corrected chi connectivity index (χ4v) is 5.45. The molecular weight excluding hydrogens is 362 g/mol. The van der Waals surface area contributed by atoms with Gasteiger partial charge < -0.3 is 10.1 Å². The molecule has 2 aromatic rings. The zero-order chi connectivity index (χ0) is 19.6. The monoisotopic (exact) mass is 391 g/mol. The van der Waals surface area contributed by atoms with Crippen LogP contribution < -0.4 is 5.32 Å². The number of ether oxygens (including phenoxy) is 1. The van der Waals surface area contributed by atoms with E-state index in [9.17, 15) is 4.79 Å². The lowest BCUT2D eigenvalue weighted by Gasteiger charge is -2.25. The molecule has 0 bridgehead atoms. The van der Waals surface area contributed by atoms with E-state index >= 15 is 0 Å². The molecule has 5 nitrogen and oxygen atoms in total. The summed E-state index contributed by atoms with van der Waals surface area (Å²) in [6, 6.07) is 13.0. The minimum atomic E-state index is 0.127. The molecule has 152 valence electrons. The zero-order valence-corrected chi connectivity index (χ0v) is 16.8. The number of nitrogens with zero attached hydrogens (tertiary/aromatic N) is 2. The molecule has 2 saturated heterocycles. The van der Waals surface area contributed by atoms with E-state index in [1.807, 2.05) is 18.5 Å². The highest BCUT2D eigenvalue weighted by Gasteiger charge is 2.46. The number of fused-ring (bicyclic) bond motifs is 3. The molecule has 29 heavy (non-hydrogen) atoms. The van der Waals surface area contributed by atoms with E-state index in [0.717, 1.165) is 45.7 Å². The van der Waals surface area contributed by atoms with Crippen molar-refractivity contribution in [2.45, 2.75) is 37.8 Å². The first-order valence-electron chi connectivity index (χ1n) is 10.8. The third-order valence-corrected chi connectivity index (χ3v) is 6.86. The molecule has 1 aromatic carbocycles. The summed E-state index contributed by atoms with van der Waals surface area (Å²) < 4.78 is 5.44. The van der Waals surface area contributed by atoms with E-state index < -0.39 is 0 Å². The van der Waals surface area contributed by atoms with Gasteiger partial charge in [-0.2, -0.15) is 0 Å². The Kier molecular flexibility index (Phi) is 5.34. The lowest BCUT2D eigenvalue weighted by atomic mass is 9.93. The predicted molar refractivity (Wildman–Crippen MR) is 111 cm³/mol. The first kappa shape index (κ1) is 18.8. The molecule has 5 rings (SSSR count). The van der Waals surface area contributed by atoms with Crippen molar-refractivity contribution >= 4 is 5.91 Å². The van der Waals surface area contributed by atoms with Gasteiger partial charge >= 0.3 is 0 Å². The van der Waals surface area contributed by atoms with Gasteiger partial charge in [0.15, 0.2) is 0 Å². The second-order valence-corrected chi connectivity index (χ2v) is 8.76. The molecule has 0 spiro atoms. The van der Waals surface area contributed by atoms with Gasteiger partial charge in [0.25, 0.3) is 0 Å². The van der Waals surface area contributed by atoms with Crippen molar-refractivity contribution in [3.63, 3.8) is 0 Å². The van der Waals surface area contributed by atoms with E-state index in [4.69, 9.17) is 4.74 Å². The van der Waals surface area contributed by atoms with E-state index in [-0.39, 0.29) is 11.9 Å². The van der Waals surface area contributed by atoms with Crippen molar-refractivity contribution in [2.24, 2.45) is 11.8 Å². The van der Waals surface area contributed by atoms with Crippen LogP contribution in [0.3, 0.4) is 0 Å². The number of carbonyl (C=O) groups excluding carboxylic acids is 1. The predicted octanol–water partition coefficient (Wildman–Crippen LogP) is 3.28. The van der Waals surface area contributed by atoms with Crippen molar-refractivity contribution in [1.29, 1.82) is 0 Å². The Morgan fingerprint density at radius 2 is 1.93 bits per heavy atom. The van der Waals surface area contributed by atoms with Crippen LogP contribution in [-0.2, 0) is 16.1 Å². The molecule has 1 aliphatic carbocycles. The van der Waals surface area contributed by atoms with Gasteiger partial charge in [-0.25, -0.2) is 0 Å². The van der Waals surface area contributed by atoms with Gasteiger partial charge in [-0.05, 0) is 41.5 Å². The molecule has 2 fully saturated rings. The van der Waals surface area contributed by atoms with E-state index in [1.165, 1.54) is 16.7 Å². The SMILES string of the molecule is O=C(CC1CCOCC1)N[C@@H]1c2ccccc2[C@@H]2CN(Cc3cccnc3)C[C@H]12. The summed E-state index contributed by atoms with van der Waals surface area (Å²) in [5, 5.41) is 3.42. The summed E-state index contributed by atoms with van der Waals surface area (Å²) in [5.74, 6) is 1.60. The molecule has 3 aliphatic rings. The van der Waals surface area contributed by atoms with Crippen LogP contribution in [0.15, 0.2) is 48.8 Å². The number of hydrogen-bond acceptors (Lipinski definition) is 4. The highest BCUT2D eigenvalue weighted by Crippen LogP contribution is 2.49. The van der Waals surface area contributed by atoms with Crippen molar-refractivity contribution in [1.82, 2.24) is 15.2 Å². The Balaban J connectivity index is 1.29. The fourth-order valence-electron chi connectivity index (χ4n) is 5.45. The third kappa shape index (κ3) is 3.94. The minimum absolute atomic E-state index is 0.127. The average Bonchev–Trinajstić information content (AvgIpc) is 3.28. The van der Waals surface area contributed by atoms with Crippen LogP contribution in [0.5, 0.6) is 0 Å². The minimum Gasteiger partial charge on any atom is -0.381 e. The normalized spacial score (nSPS) is 26.8.